The molecule has 0 aromatic rings. The van der Waals surface area contributed by atoms with Crippen molar-refractivity contribution in [2.75, 3.05) is 0 Å². The predicted octanol–water partition coefficient (Wildman–Crippen LogP) is 2.41. The Labute approximate surface area is 53.8 Å². The monoisotopic (exact) mass is 120 g/mol. The second-order valence-corrected chi connectivity index (χ2v) is 2.49. The van der Waals surface area contributed by atoms with Gasteiger partial charge in [0.1, 0.15) is 0 Å². The van der Waals surface area contributed by atoms with Crippen molar-refractivity contribution in [2.24, 2.45) is 11.8 Å². The summed E-state index contributed by atoms with van der Waals surface area (Å²) in [5.41, 5.74) is 0. The van der Waals surface area contributed by atoms with Gasteiger partial charge in [0.15, 0.2) is 0 Å². The Kier molecular flexibility index (Phi) is 6.67. The van der Waals surface area contributed by atoms with E-state index in [9.17, 15) is 0 Å². The molecule has 0 aromatic carbocycles. The molecule has 7 heavy (non-hydrogen) atoms. The lowest BCUT2D eigenvalue weighted by molar-refractivity contribution is 0.457. The highest BCUT2D eigenvalue weighted by Crippen LogP contribution is 2.05. The Balaban J connectivity index is 0. The van der Waals surface area contributed by atoms with E-state index in [1.54, 1.807) is 0 Å². The van der Waals surface area contributed by atoms with E-state index in [1.807, 2.05) is 0 Å². The first kappa shape index (κ1) is 10.4. The summed E-state index contributed by atoms with van der Waals surface area (Å²) < 4.78 is 0. The average Bonchev–Trinajstić information content (AvgIpc) is 1.36. The lowest BCUT2D eigenvalue weighted by atomic mass is 10.0. The van der Waals surface area contributed by atoms with Crippen LogP contribution in [-0.4, -0.2) is 0 Å². The standard InChI is InChI=1S/C6H14.H2S/c1-5(2)6(3)4;/h5-6H,1-4H3;1H2. The van der Waals surface area contributed by atoms with Crippen LogP contribution in [0.3, 0.4) is 0 Å². The van der Waals surface area contributed by atoms with Crippen LogP contribution in [0.25, 0.3) is 0 Å². The summed E-state index contributed by atoms with van der Waals surface area (Å²) in [6.45, 7) is 8.96. The van der Waals surface area contributed by atoms with Crippen LogP contribution < -0.4 is 0 Å². The maximum Gasteiger partial charge on any atom is -0.0448 e. The van der Waals surface area contributed by atoms with Gasteiger partial charge in [-0.25, -0.2) is 0 Å². The molecule has 0 bridgehead atoms. The zero-order valence-corrected chi connectivity index (χ0v) is 6.65. The summed E-state index contributed by atoms with van der Waals surface area (Å²) in [5, 5.41) is 0. The molecule has 1 heteroatoms. The van der Waals surface area contributed by atoms with Crippen molar-refractivity contribution in [1.82, 2.24) is 0 Å². The minimum Gasteiger partial charge on any atom is -0.197 e. The number of hydrogen-bond donors (Lipinski definition) is 0. The molecule has 0 aliphatic carbocycles. The summed E-state index contributed by atoms with van der Waals surface area (Å²) in [7, 11) is 0. The summed E-state index contributed by atoms with van der Waals surface area (Å²) in [4.78, 5) is 0. The van der Waals surface area contributed by atoms with Crippen molar-refractivity contribution >= 4 is 13.5 Å². The van der Waals surface area contributed by atoms with Gasteiger partial charge in [-0.15, -0.1) is 0 Å². The van der Waals surface area contributed by atoms with Gasteiger partial charge in [-0.2, -0.15) is 13.5 Å². The highest BCUT2D eigenvalue weighted by atomic mass is 32.1. The molecule has 0 saturated carbocycles. The van der Waals surface area contributed by atoms with Gasteiger partial charge >= 0.3 is 0 Å². The van der Waals surface area contributed by atoms with Gasteiger partial charge in [0.2, 0.25) is 0 Å². The zero-order valence-electron chi connectivity index (χ0n) is 5.65. The normalized spacial score (nSPS) is 9.43. The third-order valence-electron chi connectivity index (χ3n) is 1.33. The van der Waals surface area contributed by atoms with E-state index in [1.165, 1.54) is 0 Å². The van der Waals surface area contributed by atoms with Gasteiger partial charge in [0, 0.05) is 0 Å². The Hall–Kier alpha value is 0.350. The molecule has 0 aliphatic rings. The molecule has 0 nitrogen and oxygen atoms in total. The Morgan fingerprint density at radius 2 is 0.857 bits per heavy atom. The fraction of sp³-hybridized carbons (Fsp3) is 1.00. The minimum atomic E-state index is 0. The van der Waals surface area contributed by atoms with Gasteiger partial charge in [-0.05, 0) is 11.8 Å². The number of hydrogen-bond acceptors (Lipinski definition) is 0. The van der Waals surface area contributed by atoms with Gasteiger partial charge < -0.3 is 0 Å². The highest BCUT2D eigenvalue weighted by molar-refractivity contribution is 7.59. The first-order valence-corrected chi connectivity index (χ1v) is 2.64. The molecule has 0 aromatic heterocycles. The molecule has 0 N–H and O–H groups in total. The van der Waals surface area contributed by atoms with Crippen LogP contribution in [-0.2, 0) is 0 Å². The maximum absolute atomic E-state index is 2.24. The second kappa shape index (κ2) is 4.51. The lowest BCUT2D eigenvalue weighted by Gasteiger charge is -2.05. The topological polar surface area (TPSA) is 0 Å². The van der Waals surface area contributed by atoms with Gasteiger partial charge in [0.25, 0.3) is 0 Å². The van der Waals surface area contributed by atoms with Crippen LogP contribution in [0.5, 0.6) is 0 Å². The van der Waals surface area contributed by atoms with Crippen LogP contribution in [0.4, 0.5) is 0 Å². The number of rotatable bonds is 1. The first-order chi connectivity index (χ1) is 2.64. The first-order valence-electron chi connectivity index (χ1n) is 2.64. The average molecular weight is 120 g/mol. The SMILES string of the molecule is CC(C)C(C)C.S. The Bertz CT molecular complexity index is 25.2. The van der Waals surface area contributed by atoms with Crippen LogP contribution >= 0.6 is 13.5 Å². The van der Waals surface area contributed by atoms with Crippen molar-refractivity contribution in [1.29, 1.82) is 0 Å². The molecule has 0 amide bonds. The Morgan fingerprint density at radius 1 is 0.714 bits per heavy atom. The van der Waals surface area contributed by atoms with Crippen molar-refractivity contribution in [3.63, 3.8) is 0 Å². The van der Waals surface area contributed by atoms with Crippen molar-refractivity contribution in [2.45, 2.75) is 27.7 Å². The molecule has 0 aliphatic heterocycles. The van der Waals surface area contributed by atoms with Crippen LogP contribution in [0.1, 0.15) is 27.7 Å². The fourth-order valence-corrected chi connectivity index (χ4v) is 0. The van der Waals surface area contributed by atoms with E-state index >= 15 is 0 Å². The smallest absolute Gasteiger partial charge is 0.0448 e. The lowest BCUT2D eigenvalue weighted by Crippen LogP contribution is -1.95. The van der Waals surface area contributed by atoms with Crippen LogP contribution in [0, 0.1) is 11.8 Å². The van der Waals surface area contributed by atoms with E-state index in [4.69, 9.17) is 0 Å². The molecule has 46 valence electrons. The molecule has 0 unspecified atom stereocenters. The van der Waals surface area contributed by atoms with E-state index < -0.39 is 0 Å². The molecule has 0 atom stereocenters. The minimum absolute atomic E-state index is 0. The quantitative estimate of drug-likeness (QED) is 0.498. The molecule has 0 fully saturated rings. The molecular weight excluding hydrogens is 104 g/mol. The summed E-state index contributed by atoms with van der Waals surface area (Å²) in [5.74, 6) is 1.70. The fourth-order valence-electron chi connectivity index (χ4n) is 0. The maximum atomic E-state index is 2.24. The molecule has 0 spiro atoms. The second-order valence-electron chi connectivity index (χ2n) is 2.49. The third-order valence-corrected chi connectivity index (χ3v) is 1.33. The van der Waals surface area contributed by atoms with Gasteiger partial charge in [-0.3, -0.25) is 0 Å². The Morgan fingerprint density at radius 3 is 0.857 bits per heavy atom. The molecular formula is C6H16S. The van der Waals surface area contributed by atoms with Crippen molar-refractivity contribution in [3.8, 4) is 0 Å². The predicted molar refractivity (Wildman–Crippen MR) is 40.1 cm³/mol. The largest absolute Gasteiger partial charge is 0.197 e. The molecule has 0 radical (unpaired) electrons. The van der Waals surface area contributed by atoms with Crippen LogP contribution in [0.2, 0.25) is 0 Å². The van der Waals surface area contributed by atoms with Crippen LogP contribution in [0.15, 0.2) is 0 Å². The molecule has 0 saturated heterocycles. The zero-order chi connectivity index (χ0) is 5.15. The van der Waals surface area contributed by atoms with Gasteiger partial charge in [-0.1, -0.05) is 27.7 Å². The van der Waals surface area contributed by atoms with Crippen molar-refractivity contribution in [3.05, 3.63) is 0 Å². The van der Waals surface area contributed by atoms with E-state index in [0.29, 0.717) is 0 Å². The molecule has 0 rings (SSSR count). The van der Waals surface area contributed by atoms with Gasteiger partial charge in [0.05, 0.1) is 0 Å². The third kappa shape index (κ3) is 6.35. The van der Waals surface area contributed by atoms with E-state index in [0.717, 1.165) is 11.8 Å². The van der Waals surface area contributed by atoms with Crippen molar-refractivity contribution < 1.29 is 0 Å². The summed E-state index contributed by atoms with van der Waals surface area (Å²) >= 11 is 0. The summed E-state index contributed by atoms with van der Waals surface area (Å²) in [6.07, 6.45) is 0. The van der Waals surface area contributed by atoms with E-state index in [-0.39, 0.29) is 13.5 Å². The summed E-state index contributed by atoms with van der Waals surface area (Å²) in [6, 6.07) is 0. The highest BCUT2D eigenvalue weighted by Gasteiger charge is 1.95. The van der Waals surface area contributed by atoms with E-state index in [2.05, 4.69) is 27.7 Å². The molecule has 0 heterocycles.